The van der Waals surface area contributed by atoms with Gasteiger partial charge in [0.2, 0.25) is 6.08 Å². The quantitative estimate of drug-likeness (QED) is 0.0797. The topological polar surface area (TPSA) is 159 Å². The van der Waals surface area contributed by atoms with E-state index in [1.165, 1.54) is 29.0 Å². The molecule has 13 nitrogen and oxygen atoms in total. The second-order valence-electron chi connectivity index (χ2n) is 15.4. The zero-order valence-electron chi connectivity index (χ0n) is 35.0. The number of halogens is 6. The number of carbonyl (C=O) groups is 2. The molecule has 2 N–H and O–H groups in total. The lowest BCUT2D eigenvalue weighted by Gasteiger charge is -2.25. The Kier molecular flexibility index (Phi) is 13.7. The summed E-state index contributed by atoms with van der Waals surface area (Å²) in [5.74, 6) is -0.374. The van der Waals surface area contributed by atoms with Gasteiger partial charge in [-0.2, -0.15) is 36.5 Å². The third-order valence-electron chi connectivity index (χ3n) is 11.1. The standard InChI is InChI=1S/C22H24F3N3O3.C19H17F3N2O3.C3H5NO/c1-3-26-20(29)31-19-18(13-30-21(19)9-4-5-10-21)28-14(2)11-17(27-28)15-7-6-8-16(12-15)22(23,24)25;1-11-9-14(12-5-4-6-13(10-12)19(20,21)22)23-24(11)15-16(25)18(27-17(15)26)7-2-3-8-18;1-2-4-3-5/h6-8,11-12H,3-5,9-10,13H2,1-2H3,(H,26,29);4-6,9-10,25H,2-3,7-8H2,1H3;2H2,1H3. The van der Waals surface area contributed by atoms with Crippen molar-refractivity contribution in [3.05, 3.63) is 94.7 Å². The smallest absolute Gasteiger partial charge is 0.416 e. The molecule has 2 aromatic heterocycles. The van der Waals surface area contributed by atoms with E-state index >= 15 is 0 Å². The summed E-state index contributed by atoms with van der Waals surface area (Å²) in [5.41, 5.74) is -0.0848. The van der Waals surface area contributed by atoms with Gasteiger partial charge in [0.1, 0.15) is 11.3 Å². The summed E-state index contributed by atoms with van der Waals surface area (Å²) in [6, 6.07) is 13.2. The van der Waals surface area contributed by atoms with Gasteiger partial charge in [-0.1, -0.05) is 24.3 Å². The number of carbonyl (C=O) groups excluding carboxylic acids is 3. The Morgan fingerprint density at radius 1 is 0.841 bits per heavy atom. The van der Waals surface area contributed by atoms with Crippen LogP contribution in [0.15, 0.2) is 77.2 Å². The van der Waals surface area contributed by atoms with Crippen LogP contribution < -0.4 is 5.32 Å². The molecule has 336 valence electrons. The molecule has 2 aliphatic carbocycles. The van der Waals surface area contributed by atoms with Crippen LogP contribution in [0.2, 0.25) is 0 Å². The molecule has 8 rings (SSSR count). The first-order valence-corrected chi connectivity index (χ1v) is 20.4. The van der Waals surface area contributed by atoms with E-state index in [2.05, 4.69) is 20.5 Å². The van der Waals surface area contributed by atoms with Crippen molar-refractivity contribution < 1.29 is 60.0 Å². The first-order valence-electron chi connectivity index (χ1n) is 20.4. The number of alkyl carbamates (subject to hydrolysis) is 1. The van der Waals surface area contributed by atoms with Crippen molar-refractivity contribution in [3.8, 4) is 22.5 Å². The Morgan fingerprint density at radius 3 is 1.83 bits per heavy atom. The van der Waals surface area contributed by atoms with E-state index in [9.17, 15) is 41.0 Å². The van der Waals surface area contributed by atoms with Crippen LogP contribution in [0, 0.1) is 13.8 Å². The fourth-order valence-corrected chi connectivity index (χ4v) is 8.06. The number of aryl methyl sites for hydroxylation is 2. The van der Waals surface area contributed by atoms with Crippen molar-refractivity contribution in [3.63, 3.8) is 0 Å². The third kappa shape index (κ3) is 9.89. The van der Waals surface area contributed by atoms with Gasteiger partial charge >= 0.3 is 24.4 Å². The lowest BCUT2D eigenvalue weighted by atomic mass is 10.00. The Bertz CT molecular complexity index is 2450. The number of aliphatic imine (C=N–C) groups is 1. The van der Waals surface area contributed by atoms with Crippen molar-refractivity contribution in [2.75, 3.05) is 19.7 Å². The minimum Gasteiger partial charge on any atom is -0.506 e. The summed E-state index contributed by atoms with van der Waals surface area (Å²) in [6.07, 6.45) is -1.86. The third-order valence-corrected chi connectivity index (χ3v) is 11.1. The molecule has 4 aromatic rings. The number of nitrogens with one attached hydrogen (secondary N) is 1. The number of hydrogen-bond donors (Lipinski definition) is 2. The van der Waals surface area contributed by atoms with Gasteiger partial charge in [-0.3, -0.25) is 0 Å². The molecule has 4 heterocycles. The fourth-order valence-electron chi connectivity index (χ4n) is 8.06. The molecule has 0 atom stereocenters. The van der Waals surface area contributed by atoms with Gasteiger partial charge in [0.05, 0.1) is 29.1 Å². The normalized spacial score (nSPS) is 17.6. The summed E-state index contributed by atoms with van der Waals surface area (Å²) in [4.78, 5) is 36.9. The Labute approximate surface area is 358 Å². The minimum atomic E-state index is -4.46. The van der Waals surface area contributed by atoms with E-state index in [1.54, 1.807) is 50.6 Å². The maximum Gasteiger partial charge on any atom is 0.416 e. The Balaban J connectivity index is 0.000000191. The summed E-state index contributed by atoms with van der Waals surface area (Å²) < 4.78 is 98.3. The molecular weight excluding hydrogens is 839 g/mol. The van der Waals surface area contributed by atoms with Crippen LogP contribution in [0.1, 0.15) is 87.7 Å². The fraction of sp³-hybridized carbons (Fsp3) is 0.432. The van der Waals surface area contributed by atoms with Gasteiger partial charge in [-0.05, 0) is 115 Å². The van der Waals surface area contributed by atoms with Crippen LogP contribution in [0.5, 0.6) is 0 Å². The number of ether oxygens (including phenoxy) is 3. The molecule has 0 saturated heterocycles. The SMILES string of the molecule is CCN=C=O.CCNC(=O)OC1=C(n2nc(-c3cccc(C(F)(F)F)c3)cc2C)COC12CCCC2.Cc1cc(-c2cccc(C(F)(F)F)c2)nn1C1=C(O)C2(CCCC2)OC1=O. The monoisotopic (exact) mass is 884 g/mol. The van der Waals surface area contributed by atoms with Crippen LogP contribution in [0.25, 0.3) is 33.9 Å². The number of benzene rings is 2. The Morgan fingerprint density at radius 2 is 1.35 bits per heavy atom. The van der Waals surface area contributed by atoms with E-state index in [4.69, 9.17) is 19.0 Å². The van der Waals surface area contributed by atoms with Crippen LogP contribution in [0.4, 0.5) is 31.1 Å². The molecule has 2 fully saturated rings. The maximum atomic E-state index is 13.1. The van der Waals surface area contributed by atoms with Crippen molar-refractivity contribution in [1.29, 1.82) is 0 Å². The molecule has 2 spiro atoms. The molecular formula is C44H46F6N6O7. The molecule has 2 aliphatic heterocycles. The number of amides is 1. The molecule has 19 heteroatoms. The van der Waals surface area contributed by atoms with E-state index in [0.29, 0.717) is 60.0 Å². The zero-order chi connectivity index (χ0) is 45.7. The molecule has 63 heavy (non-hydrogen) atoms. The van der Waals surface area contributed by atoms with Gasteiger partial charge in [0, 0.05) is 35.6 Å². The summed E-state index contributed by atoms with van der Waals surface area (Å²) in [7, 11) is 0. The van der Waals surface area contributed by atoms with E-state index in [1.807, 2.05) is 0 Å². The minimum absolute atomic E-state index is 0.0624. The first-order chi connectivity index (χ1) is 29.9. The van der Waals surface area contributed by atoms with Crippen molar-refractivity contribution in [2.24, 2.45) is 4.99 Å². The number of aliphatic hydroxyl groups excluding tert-OH is 1. The van der Waals surface area contributed by atoms with Crippen LogP contribution in [-0.2, 0) is 36.2 Å². The van der Waals surface area contributed by atoms with Crippen LogP contribution >= 0.6 is 0 Å². The lowest BCUT2D eigenvalue weighted by molar-refractivity contribution is -0.146. The van der Waals surface area contributed by atoms with Gasteiger partial charge < -0.3 is 24.6 Å². The average molecular weight is 885 g/mol. The molecule has 1 amide bonds. The highest BCUT2D eigenvalue weighted by Gasteiger charge is 2.51. The molecule has 0 bridgehead atoms. The number of aromatic nitrogens is 4. The molecule has 2 aromatic carbocycles. The second-order valence-corrected chi connectivity index (χ2v) is 15.4. The first kappa shape index (κ1) is 46.3. The van der Waals surface area contributed by atoms with Gasteiger partial charge in [0.25, 0.3) is 0 Å². The van der Waals surface area contributed by atoms with Crippen LogP contribution in [-0.4, -0.2) is 73.7 Å². The molecule has 0 unspecified atom stereocenters. The number of isocyanates is 1. The van der Waals surface area contributed by atoms with Crippen molar-refractivity contribution in [1.82, 2.24) is 24.9 Å². The molecule has 0 radical (unpaired) electrons. The maximum absolute atomic E-state index is 13.1. The van der Waals surface area contributed by atoms with Crippen molar-refractivity contribution >= 4 is 29.5 Å². The number of nitrogens with zero attached hydrogens (tertiary/aromatic N) is 5. The number of esters is 1. The number of rotatable bonds is 7. The van der Waals surface area contributed by atoms with E-state index < -0.39 is 46.7 Å². The van der Waals surface area contributed by atoms with Gasteiger partial charge in [-0.25, -0.2) is 28.7 Å². The average Bonchev–Trinajstić information content (AvgIpc) is 4.11. The highest BCUT2D eigenvalue weighted by atomic mass is 19.4. The Hall–Kier alpha value is -6.20. The molecule has 2 saturated carbocycles. The highest BCUT2D eigenvalue weighted by Crippen LogP contribution is 2.47. The number of hydrogen-bond acceptors (Lipinski definition) is 10. The second kappa shape index (κ2) is 18.6. The lowest BCUT2D eigenvalue weighted by Crippen LogP contribution is -2.33. The largest absolute Gasteiger partial charge is 0.506 e. The van der Waals surface area contributed by atoms with Crippen molar-refractivity contribution in [2.45, 2.75) is 103 Å². The zero-order valence-corrected chi connectivity index (χ0v) is 35.0. The predicted molar refractivity (Wildman–Crippen MR) is 217 cm³/mol. The van der Waals surface area contributed by atoms with E-state index in [-0.39, 0.29) is 29.3 Å². The number of aliphatic hydroxyl groups is 1. The summed E-state index contributed by atoms with van der Waals surface area (Å²) in [6.45, 7) is 8.23. The number of alkyl halides is 6. The summed E-state index contributed by atoms with van der Waals surface area (Å²) in [5, 5.41) is 22.1. The molecule has 4 aliphatic rings. The predicted octanol–water partition coefficient (Wildman–Crippen LogP) is 9.95. The van der Waals surface area contributed by atoms with E-state index in [0.717, 1.165) is 62.8 Å². The van der Waals surface area contributed by atoms with Crippen LogP contribution in [0.3, 0.4) is 0 Å². The summed E-state index contributed by atoms with van der Waals surface area (Å²) >= 11 is 0. The van der Waals surface area contributed by atoms with Gasteiger partial charge in [-0.15, -0.1) is 0 Å². The highest BCUT2D eigenvalue weighted by molar-refractivity contribution is 6.13. The van der Waals surface area contributed by atoms with Gasteiger partial charge in [0.15, 0.2) is 22.8 Å².